The van der Waals surface area contributed by atoms with E-state index in [9.17, 15) is 9.18 Å². The monoisotopic (exact) mass is 424 g/mol. The molecule has 1 aromatic heterocycles. The van der Waals surface area contributed by atoms with Gasteiger partial charge in [-0.2, -0.15) is 0 Å². The number of aromatic nitrogens is 3. The maximum atomic E-state index is 14.3. The molecule has 7 heteroatoms. The second-order valence-corrected chi connectivity index (χ2v) is 9.22. The molecule has 1 heterocycles. The number of hydrogen-bond donors (Lipinski definition) is 1. The number of rotatable bonds is 6. The third kappa shape index (κ3) is 4.12. The Morgan fingerprint density at radius 2 is 1.83 bits per heavy atom. The van der Waals surface area contributed by atoms with Crippen molar-refractivity contribution >= 4 is 23.4 Å². The summed E-state index contributed by atoms with van der Waals surface area (Å²) in [6, 6.07) is 11.0. The molecule has 1 aliphatic rings. The topological polar surface area (TPSA) is 59.8 Å². The normalized spacial score (nSPS) is 14.6. The minimum atomic E-state index is -0.375. The van der Waals surface area contributed by atoms with Crippen LogP contribution in [0.4, 0.5) is 10.1 Å². The Balaban J connectivity index is 1.56. The molecule has 1 aliphatic carbocycles. The first-order valence-electron chi connectivity index (χ1n) is 10.1. The third-order valence-corrected chi connectivity index (χ3v) is 6.32. The van der Waals surface area contributed by atoms with Crippen molar-refractivity contribution in [3.63, 3.8) is 0 Å². The van der Waals surface area contributed by atoms with Crippen LogP contribution in [0.5, 0.6) is 0 Å². The lowest BCUT2D eigenvalue weighted by Crippen LogP contribution is -2.24. The fraction of sp³-hybridized carbons (Fsp3) is 0.348. The average Bonchev–Trinajstić information content (AvgIpc) is 3.45. The molecule has 5 nitrogen and oxygen atoms in total. The van der Waals surface area contributed by atoms with Crippen LogP contribution in [0.1, 0.15) is 42.5 Å². The van der Waals surface area contributed by atoms with Gasteiger partial charge in [0.25, 0.3) is 0 Å². The summed E-state index contributed by atoms with van der Waals surface area (Å²) >= 11 is 1.36. The highest BCUT2D eigenvalue weighted by Gasteiger charge is 2.32. The third-order valence-electron chi connectivity index (χ3n) is 5.27. The minimum absolute atomic E-state index is 0.0900. The molecule has 30 heavy (non-hydrogen) atoms. The van der Waals surface area contributed by atoms with Crippen LogP contribution in [0.15, 0.2) is 41.6 Å². The minimum Gasteiger partial charge on any atom is -0.325 e. The van der Waals surface area contributed by atoms with E-state index >= 15 is 0 Å². The molecule has 0 radical (unpaired) electrons. The van der Waals surface area contributed by atoms with Crippen LogP contribution >= 0.6 is 11.8 Å². The van der Waals surface area contributed by atoms with Gasteiger partial charge in [-0.1, -0.05) is 41.6 Å². The van der Waals surface area contributed by atoms with Crippen LogP contribution in [0, 0.1) is 26.6 Å². The molecule has 1 fully saturated rings. The van der Waals surface area contributed by atoms with Crippen molar-refractivity contribution in [2.75, 3.05) is 5.32 Å². The molecule has 1 N–H and O–H groups in total. The van der Waals surface area contributed by atoms with Gasteiger partial charge in [-0.3, -0.25) is 9.36 Å². The van der Waals surface area contributed by atoms with Crippen molar-refractivity contribution in [3.05, 3.63) is 58.9 Å². The summed E-state index contributed by atoms with van der Waals surface area (Å²) in [4.78, 5) is 12.9. The van der Waals surface area contributed by atoms with Gasteiger partial charge in [0.1, 0.15) is 5.82 Å². The number of nitrogens with zero attached hydrogens (tertiary/aromatic N) is 3. The standard InChI is InChI=1S/C23H25FN4OS/c1-13-11-14(2)20(15(3)12-13)25-22(29)16(4)30-23-27-26-21(28(23)17-9-10-17)18-7-5-6-8-19(18)24/h5-8,11-12,16-17H,9-10H2,1-4H3,(H,25,29)/t16-/m0/s1. The van der Waals surface area contributed by atoms with Crippen molar-refractivity contribution in [1.29, 1.82) is 0 Å². The predicted molar refractivity (Wildman–Crippen MR) is 118 cm³/mol. The number of halogens is 1. The fourth-order valence-corrected chi connectivity index (χ4v) is 4.58. The smallest absolute Gasteiger partial charge is 0.237 e. The Morgan fingerprint density at radius 1 is 1.17 bits per heavy atom. The Kier molecular flexibility index (Phi) is 5.64. The van der Waals surface area contributed by atoms with Gasteiger partial charge in [-0.05, 0) is 63.8 Å². The van der Waals surface area contributed by atoms with E-state index in [2.05, 4.69) is 27.6 Å². The zero-order valence-corrected chi connectivity index (χ0v) is 18.4. The summed E-state index contributed by atoms with van der Waals surface area (Å²) in [5.41, 5.74) is 4.55. The molecular weight excluding hydrogens is 399 g/mol. The van der Waals surface area contributed by atoms with E-state index < -0.39 is 0 Å². The molecule has 0 aliphatic heterocycles. The van der Waals surface area contributed by atoms with Crippen LogP contribution in [-0.2, 0) is 4.79 Å². The number of carbonyl (C=O) groups excluding carboxylic acids is 1. The predicted octanol–water partition coefficient (Wildman–Crippen LogP) is 5.46. The Labute approximate surface area is 180 Å². The van der Waals surface area contributed by atoms with E-state index in [1.54, 1.807) is 18.2 Å². The van der Waals surface area contributed by atoms with Gasteiger partial charge in [-0.15, -0.1) is 10.2 Å². The molecule has 1 amide bonds. The van der Waals surface area contributed by atoms with Crippen molar-refractivity contribution < 1.29 is 9.18 Å². The molecule has 2 aromatic carbocycles. The highest BCUT2D eigenvalue weighted by Crippen LogP contribution is 2.42. The lowest BCUT2D eigenvalue weighted by atomic mass is 10.1. The second kappa shape index (κ2) is 8.22. The Hall–Kier alpha value is -2.67. The molecule has 1 atom stereocenters. The first-order valence-corrected chi connectivity index (χ1v) is 11.0. The summed E-state index contributed by atoms with van der Waals surface area (Å²) in [5.74, 6) is 0.114. The number of carbonyl (C=O) groups is 1. The average molecular weight is 425 g/mol. The number of benzene rings is 2. The van der Waals surface area contributed by atoms with E-state index in [-0.39, 0.29) is 23.0 Å². The van der Waals surface area contributed by atoms with E-state index in [1.165, 1.54) is 23.4 Å². The fourth-order valence-electron chi connectivity index (χ4n) is 3.66. The summed E-state index contributed by atoms with van der Waals surface area (Å²) in [6.07, 6.45) is 2.02. The highest BCUT2D eigenvalue weighted by molar-refractivity contribution is 8.00. The number of amides is 1. The summed E-state index contributed by atoms with van der Waals surface area (Å²) in [7, 11) is 0. The lowest BCUT2D eigenvalue weighted by Gasteiger charge is -2.16. The summed E-state index contributed by atoms with van der Waals surface area (Å²) < 4.78 is 16.3. The molecular formula is C23H25FN4OS. The van der Waals surface area contributed by atoms with Crippen molar-refractivity contribution in [2.45, 2.75) is 57.0 Å². The van der Waals surface area contributed by atoms with Gasteiger partial charge in [-0.25, -0.2) is 4.39 Å². The number of aryl methyl sites for hydroxylation is 3. The number of hydrogen-bond acceptors (Lipinski definition) is 4. The van der Waals surface area contributed by atoms with E-state index in [0.29, 0.717) is 16.5 Å². The number of nitrogens with one attached hydrogen (secondary N) is 1. The summed E-state index contributed by atoms with van der Waals surface area (Å²) in [6.45, 7) is 7.89. The van der Waals surface area contributed by atoms with Crippen molar-refractivity contribution in [2.24, 2.45) is 0 Å². The quantitative estimate of drug-likeness (QED) is 0.534. The van der Waals surface area contributed by atoms with Crippen molar-refractivity contribution in [3.8, 4) is 11.4 Å². The highest BCUT2D eigenvalue weighted by atomic mass is 32.2. The molecule has 0 unspecified atom stereocenters. The molecule has 0 spiro atoms. The molecule has 0 bridgehead atoms. The van der Waals surface area contributed by atoms with Crippen LogP contribution < -0.4 is 5.32 Å². The lowest BCUT2D eigenvalue weighted by molar-refractivity contribution is -0.115. The first kappa shape index (κ1) is 20.6. The van der Waals surface area contributed by atoms with E-state index in [0.717, 1.165) is 29.7 Å². The van der Waals surface area contributed by atoms with Gasteiger partial charge >= 0.3 is 0 Å². The Morgan fingerprint density at radius 3 is 2.47 bits per heavy atom. The molecule has 156 valence electrons. The number of anilines is 1. The van der Waals surface area contributed by atoms with Crippen molar-refractivity contribution in [1.82, 2.24) is 14.8 Å². The summed E-state index contributed by atoms with van der Waals surface area (Å²) in [5, 5.41) is 11.9. The van der Waals surface area contributed by atoms with E-state index in [1.807, 2.05) is 32.3 Å². The number of thioether (sulfide) groups is 1. The van der Waals surface area contributed by atoms with Crippen LogP contribution in [0.3, 0.4) is 0 Å². The maximum Gasteiger partial charge on any atom is 0.237 e. The van der Waals surface area contributed by atoms with Gasteiger partial charge in [0.15, 0.2) is 11.0 Å². The Bertz CT molecular complexity index is 1080. The SMILES string of the molecule is Cc1cc(C)c(NC(=O)[C@H](C)Sc2nnc(-c3ccccc3F)n2C2CC2)c(C)c1. The van der Waals surface area contributed by atoms with Crippen LogP contribution in [-0.4, -0.2) is 25.9 Å². The maximum absolute atomic E-state index is 14.3. The first-order chi connectivity index (χ1) is 14.3. The van der Waals surface area contributed by atoms with E-state index in [4.69, 9.17) is 0 Å². The van der Waals surface area contributed by atoms with Gasteiger partial charge in [0, 0.05) is 11.7 Å². The second-order valence-electron chi connectivity index (χ2n) is 7.91. The molecule has 3 aromatic rings. The molecule has 4 rings (SSSR count). The molecule has 0 saturated heterocycles. The van der Waals surface area contributed by atoms with Crippen LogP contribution in [0.2, 0.25) is 0 Å². The zero-order chi connectivity index (χ0) is 21.4. The zero-order valence-electron chi connectivity index (χ0n) is 17.6. The van der Waals surface area contributed by atoms with Gasteiger partial charge in [0.2, 0.25) is 5.91 Å². The van der Waals surface area contributed by atoms with Gasteiger partial charge in [0.05, 0.1) is 10.8 Å². The largest absolute Gasteiger partial charge is 0.325 e. The molecule has 1 saturated carbocycles. The van der Waals surface area contributed by atoms with Gasteiger partial charge < -0.3 is 5.32 Å². The van der Waals surface area contributed by atoms with Crippen LogP contribution in [0.25, 0.3) is 11.4 Å².